The molecule has 0 aromatic carbocycles. The van der Waals surface area contributed by atoms with Gasteiger partial charge in [-0.1, -0.05) is 25.7 Å². The molecule has 7 heteroatoms. The molecule has 1 saturated carbocycles. The third-order valence-corrected chi connectivity index (χ3v) is 6.50. The maximum Gasteiger partial charge on any atom is 0.309 e. The molecular formula is C20H32N2O5. The summed E-state index contributed by atoms with van der Waals surface area (Å²) in [5.41, 5.74) is 0. The van der Waals surface area contributed by atoms with Crippen molar-refractivity contribution in [2.75, 3.05) is 26.2 Å². The van der Waals surface area contributed by atoms with Crippen LogP contribution < -0.4 is 5.32 Å². The number of nitrogens with one attached hydrogen (secondary N) is 1. The lowest BCUT2D eigenvalue weighted by molar-refractivity contribution is -0.145. The quantitative estimate of drug-likeness (QED) is 0.702. The largest absolute Gasteiger partial charge is 0.481 e. The highest BCUT2D eigenvalue weighted by molar-refractivity contribution is 5.84. The summed E-state index contributed by atoms with van der Waals surface area (Å²) < 4.78 is 5.67. The van der Waals surface area contributed by atoms with E-state index in [4.69, 9.17) is 4.74 Å². The lowest BCUT2D eigenvalue weighted by Gasteiger charge is -2.35. The average molecular weight is 380 g/mol. The maximum absolute atomic E-state index is 12.3. The third-order valence-electron chi connectivity index (χ3n) is 6.50. The minimum absolute atomic E-state index is 0.0335. The molecule has 27 heavy (non-hydrogen) atoms. The van der Waals surface area contributed by atoms with E-state index in [0.717, 1.165) is 19.3 Å². The smallest absolute Gasteiger partial charge is 0.309 e. The highest BCUT2D eigenvalue weighted by atomic mass is 16.5. The molecule has 0 aromatic rings. The van der Waals surface area contributed by atoms with Crippen LogP contribution in [0.3, 0.4) is 0 Å². The Labute approximate surface area is 160 Å². The zero-order valence-electron chi connectivity index (χ0n) is 16.0. The number of ether oxygens (including phenoxy) is 1. The molecule has 2 amide bonds. The molecule has 2 atom stereocenters. The van der Waals surface area contributed by atoms with Crippen molar-refractivity contribution in [1.29, 1.82) is 0 Å². The van der Waals surface area contributed by atoms with E-state index in [-0.39, 0.29) is 30.4 Å². The highest BCUT2D eigenvalue weighted by Crippen LogP contribution is 2.33. The maximum atomic E-state index is 12.3. The van der Waals surface area contributed by atoms with Gasteiger partial charge in [-0.15, -0.1) is 0 Å². The first kappa shape index (κ1) is 20.1. The summed E-state index contributed by atoms with van der Waals surface area (Å²) in [6.45, 7) is 1.78. The van der Waals surface area contributed by atoms with E-state index >= 15 is 0 Å². The Balaban J connectivity index is 1.34. The van der Waals surface area contributed by atoms with Crippen molar-refractivity contribution in [1.82, 2.24) is 10.2 Å². The van der Waals surface area contributed by atoms with Crippen LogP contribution >= 0.6 is 0 Å². The van der Waals surface area contributed by atoms with E-state index < -0.39 is 11.9 Å². The number of piperidine rings is 1. The Morgan fingerprint density at radius 3 is 2.41 bits per heavy atom. The lowest BCUT2D eigenvalue weighted by atomic mass is 9.84. The topological polar surface area (TPSA) is 95.9 Å². The van der Waals surface area contributed by atoms with Gasteiger partial charge in [-0.3, -0.25) is 14.4 Å². The summed E-state index contributed by atoms with van der Waals surface area (Å²) in [7, 11) is 0. The number of carbonyl (C=O) groups excluding carboxylic acids is 2. The zero-order valence-corrected chi connectivity index (χ0v) is 16.0. The summed E-state index contributed by atoms with van der Waals surface area (Å²) in [5, 5.41) is 12.1. The van der Waals surface area contributed by atoms with Crippen molar-refractivity contribution in [3.8, 4) is 0 Å². The van der Waals surface area contributed by atoms with Crippen molar-refractivity contribution < 1.29 is 24.2 Å². The van der Waals surface area contributed by atoms with Gasteiger partial charge in [0.25, 0.3) is 0 Å². The summed E-state index contributed by atoms with van der Waals surface area (Å²) in [6.07, 6.45) is 8.32. The van der Waals surface area contributed by atoms with Gasteiger partial charge in [-0.2, -0.15) is 0 Å². The summed E-state index contributed by atoms with van der Waals surface area (Å²) in [5.74, 6) is -0.414. The number of rotatable bonds is 7. The van der Waals surface area contributed by atoms with Crippen LogP contribution in [0.1, 0.15) is 57.8 Å². The van der Waals surface area contributed by atoms with E-state index in [0.29, 0.717) is 38.5 Å². The van der Waals surface area contributed by atoms with E-state index in [2.05, 4.69) is 5.32 Å². The number of hydrogen-bond acceptors (Lipinski definition) is 4. The summed E-state index contributed by atoms with van der Waals surface area (Å²) in [4.78, 5) is 37.4. The van der Waals surface area contributed by atoms with Crippen molar-refractivity contribution in [2.24, 2.45) is 17.8 Å². The van der Waals surface area contributed by atoms with Gasteiger partial charge in [0.15, 0.2) is 0 Å². The molecule has 1 aliphatic carbocycles. The lowest BCUT2D eigenvalue weighted by Crippen LogP contribution is -2.46. The number of carboxylic acid groups (broad SMARTS) is 1. The van der Waals surface area contributed by atoms with Gasteiger partial charge in [0.2, 0.25) is 11.8 Å². The Bertz CT molecular complexity index is 538. The summed E-state index contributed by atoms with van der Waals surface area (Å²) in [6, 6.07) is 0. The molecule has 3 aliphatic rings. The van der Waals surface area contributed by atoms with Crippen molar-refractivity contribution in [3.63, 3.8) is 0 Å². The number of nitrogens with zero attached hydrogens (tertiary/aromatic N) is 1. The number of hydrogen-bond donors (Lipinski definition) is 2. The van der Waals surface area contributed by atoms with Crippen LogP contribution in [0.5, 0.6) is 0 Å². The Morgan fingerprint density at radius 2 is 1.74 bits per heavy atom. The predicted molar refractivity (Wildman–Crippen MR) is 99.0 cm³/mol. The monoisotopic (exact) mass is 380 g/mol. The van der Waals surface area contributed by atoms with Crippen molar-refractivity contribution >= 4 is 17.8 Å². The van der Waals surface area contributed by atoms with Crippen LogP contribution in [0, 0.1) is 17.8 Å². The molecule has 2 N–H and O–H groups in total. The molecule has 152 valence electrons. The summed E-state index contributed by atoms with van der Waals surface area (Å²) >= 11 is 0. The van der Waals surface area contributed by atoms with E-state index in [9.17, 15) is 19.5 Å². The van der Waals surface area contributed by atoms with E-state index in [1.807, 2.05) is 0 Å². The Hall–Kier alpha value is -1.63. The van der Waals surface area contributed by atoms with E-state index in [1.54, 1.807) is 4.90 Å². The molecule has 0 radical (unpaired) electrons. The number of amides is 2. The van der Waals surface area contributed by atoms with Crippen LogP contribution in [0.25, 0.3) is 0 Å². The number of carboxylic acids is 1. The number of aliphatic carboxylic acids is 1. The van der Waals surface area contributed by atoms with Gasteiger partial charge in [0.1, 0.15) is 0 Å². The first-order valence-corrected chi connectivity index (χ1v) is 10.4. The van der Waals surface area contributed by atoms with Crippen LogP contribution in [-0.4, -0.2) is 60.1 Å². The van der Waals surface area contributed by atoms with Gasteiger partial charge < -0.3 is 20.1 Å². The second-order valence-corrected chi connectivity index (χ2v) is 8.25. The molecule has 3 fully saturated rings. The SMILES string of the molecule is O=C(CCC1CCCC1)NCC(=O)N1CCC([C@@H]2OCCC2C(=O)O)CC1. The number of likely N-dealkylation sites (tertiary alicyclic amines) is 1. The molecule has 0 bridgehead atoms. The van der Waals surface area contributed by atoms with Gasteiger partial charge in [-0.25, -0.2) is 0 Å². The predicted octanol–water partition coefficient (Wildman–Crippen LogP) is 1.80. The van der Waals surface area contributed by atoms with Gasteiger partial charge in [0, 0.05) is 26.1 Å². The Morgan fingerprint density at radius 1 is 1.04 bits per heavy atom. The van der Waals surface area contributed by atoms with Crippen molar-refractivity contribution in [3.05, 3.63) is 0 Å². The van der Waals surface area contributed by atoms with Crippen LogP contribution in [0.2, 0.25) is 0 Å². The van der Waals surface area contributed by atoms with Gasteiger partial charge >= 0.3 is 5.97 Å². The van der Waals surface area contributed by atoms with Crippen LogP contribution in [-0.2, 0) is 19.1 Å². The molecule has 0 aromatic heterocycles. The van der Waals surface area contributed by atoms with Crippen LogP contribution in [0.4, 0.5) is 0 Å². The normalized spacial score (nSPS) is 27.0. The third kappa shape index (κ3) is 5.43. The first-order chi connectivity index (χ1) is 13.0. The Kier molecular flexibility index (Phi) is 7.10. The standard InChI is InChI=1S/C20H32N2O5/c23-17(6-5-14-3-1-2-4-14)21-13-18(24)22-10-7-15(8-11-22)19-16(20(25)26)9-12-27-19/h14-16,19H,1-13H2,(H,21,23)(H,25,26)/t16?,19-/m0/s1. The van der Waals surface area contributed by atoms with Gasteiger partial charge in [0.05, 0.1) is 18.6 Å². The van der Waals surface area contributed by atoms with Crippen molar-refractivity contribution in [2.45, 2.75) is 63.9 Å². The molecule has 2 aliphatic heterocycles. The second-order valence-electron chi connectivity index (χ2n) is 8.25. The molecule has 1 unspecified atom stereocenters. The number of carbonyl (C=O) groups is 3. The van der Waals surface area contributed by atoms with Crippen LogP contribution in [0.15, 0.2) is 0 Å². The highest BCUT2D eigenvalue weighted by Gasteiger charge is 2.40. The first-order valence-electron chi connectivity index (χ1n) is 10.4. The van der Waals surface area contributed by atoms with E-state index in [1.165, 1.54) is 25.7 Å². The molecule has 2 heterocycles. The fourth-order valence-electron chi connectivity index (χ4n) is 4.83. The molecular weight excluding hydrogens is 348 g/mol. The molecule has 7 nitrogen and oxygen atoms in total. The molecule has 0 spiro atoms. The minimum Gasteiger partial charge on any atom is -0.481 e. The fraction of sp³-hybridized carbons (Fsp3) is 0.850. The zero-order chi connectivity index (χ0) is 19.2. The molecule has 3 rings (SSSR count). The minimum atomic E-state index is -0.781. The fourth-order valence-corrected chi connectivity index (χ4v) is 4.83. The van der Waals surface area contributed by atoms with Gasteiger partial charge in [-0.05, 0) is 37.5 Å². The second kappa shape index (κ2) is 9.53. The average Bonchev–Trinajstić information content (AvgIpc) is 3.36. The molecule has 2 saturated heterocycles.